The van der Waals surface area contributed by atoms with Gasteiger partial charge in [0.1, 0.15) is 0 Å². The van der Waals surface area contributed by atoms with E-state index in [1.54, 1.807) is 12.3 Å². The minimum Gasteiger partial charge on any atom is -0.491 e. The fourth-order valence-electron chi connectivity index (χ4n) is 6.93. The van der Waals surface area contributed by atoms with Gasteiger partial charge < -0.3 is 24.4 Å². The van der Waals surface area contributed by atoms with Gasteiger partial charge in [0.25, 0.3) is 5.91 Å². The number of aromatic nitrogens is 3. The summed E-state index contributed by atoms with van der Waals surface area (Å²) in [7, 11) is 4.05. The first kappa shape index (κ1) is 28.6. The van der Waals surface area contributed by atoms with Crippen molar-refractivity contribution in [2.45, 2.75) is 57.7 Å². The Balaban J connectivity index is 1.41. The number of halogens is 1. The first-order valence-electron chi connectivity index (χ1n) is 15.2. The molecule has 1 saturated carbocycles. The largest absolute Gasteiger partial charge is 0.491 e. The molecule has 1 spiro atoms. The van der Waals surface area contributed by atoms with E-state index < -0.39 is 5.82 Å². The lowest BCUT2D eigenvalue weighted by Gasteiger charge is -2.52. The fourth-order valence-corrected chi connectivity index (χ4v) is 6.93. The van der Waals surface area contributed by atoms with Gasteiger partial charge in [0, 0.05) is 75.8 Å². The Bertz CT molecular complexity index is 1440. The normalized spacial score (nSPS) is 19.5. The standard InChI is InChI=1S/C32H42FN7O2/c1-5-42-28-17-27(36-18-26(28)33)22(2)40-21-32(7-6-8-32)29-24(20-38-13-11-37(4)12-14-38)15-23(16-25(29)30(40)41)19-39-10-9-35-31(39)34-3/h9-10,15-18,22H,5-8,11-14,19-21H2,1-4H3,(H,34,35)/t22-/m0/s1. The van der Waals surface area contributed by atoms with Crippen LogP contribution >= 0.6 is 0 Å². The molecular weight excluding hydrogens is 533 g/mol. The molecule has 0 radical (unpaired) electrons. The molecule has 6 rings (SSSR count). The topological polar surface area (TPSA) is 78.8 Å². The third-order valence-corrected chi connectivity index (χ3v) is 9.40. The number of hydrogen-bond acceptors (Lipinski definition) is 7. The van der Waals surface area contributed by atoms with E-state index in [2.05, 4.69) is 48.8 Å². The molecule has 4 heterocycles. The van der Waals surface area contributed by atoms with Crippen molar-refractivity contribution in [2.24, 2.45) is 0 Å². The Morgan fingerprint density at radius 2 is 1.90 bits per heavy atom. The van der Waals surface area contributed by atoms with Crippen molar-refractivity contribution in [3.63, 3.8) is 0 Å². The van der Waals surface area contributed by atoms with Crippen molar-refractivity contribution in [1.29, 1.82) is 0 Å². The van der Waals surface area contributed by atoms with Gasteiger partial charge in [-0.2, -0.15) is 0 Å². The predicted molar refractivity (Wildman–Crippen MR) is 160 cm³/mol. The van der Waals surface area contributed by atoms with Crippen LogP contribution in [0.1, 0.15) is 71.9 Å². The molecule has 1 saturated heterocycles. The van der Waals surface area contributed by atoms with E-state index in [0.29, 0.717) is 25.4 Å². The van der Waals surface area contributed by atoms with Crippen molar-refractivity contribution in [3.05, 3.63) is 70.6 Å². The number of carbonyl (C=O) groups is 1. The van der Waals surface area contributed by atoms with Crippen LogP contribution in [0.5, 0.6) is 5.75 Å². The highest BCUT2D eigenvalue weighted by atomic mass is 19.1. The van der Waals surface area contributed by atoms with Crippen LogP contribution in [0.2, 0.25) is 0 Å². The van der Waals surface area contributed by atoms with Crippen LogP contribution < -0.4 is 10.1 Å². The molecule has 2 aromatic heterocycles. The second-order valence-electron chi connectivity index (χ2n) is 12.1. The zero-order valence-electron chi connectivity index (χ0n) is 25.2. The number of benzene rings is 1. The van der Waals surface area contributed by atoms with Crippen LogP contribution in [0.4, 0.5) is 10.3 Å². The molecule has 224 valence electrons. The van der Waals surface area contributed by atoms with Gasteiger partial charge in [-0.25, -0.2) is 9.37 Å². The first-order valence-corrected chi connectivity index (χ1v) is 15.2. The Labute approximate surface area is 247 Å². The third kappa shape index (κ3) is 5.26. The third-order valence-electron chi connectivity index (χ3n) is 9.40. The van der Waals surface area contributed by atoms with Crippen LogP contribution in [-0.2, 0) is 18.5 Å². The fraction of sp³-hybridized carbons (Fsp3) is 0.531. The number of amides is 1. The quantitative estimate of drug-likeness (QED) is 0.408. The van der Waals surface area contributed by atoms with Crippen molar-refractivity contribution in [3.8, 4) is 5.75 Å². The molecule has 9 nitrogen and oxygen atoms in total. The monoisotopic (exact) mass is 575 g/mol. The number of ether oxygens (including phenoxy) is 1. The van der Waals surface area contributed by atoms with E-state index in [1.807, 2.05) is 32.0 Å². The summed E-state index contributed by atoms with van der Waals surface area (Å²) in [6, 6.07) is 5.76. The van der Waals surface area contributed by atoms with Gasteiger partial charge in [-0.15, -0.1) is 0 Å². The molecule has 42 heavy (non-hydrogen) atoms. The number of carbonyl (C=O) groups excluding carboxylic acids is 1. The molecule has 10 heteroatoms. The maximum atomic E-state index is 14.4. The van der Waals surface area contributed by atoms with Crippen molar-refractivity contribution in [1.82, 2.24) is 29.2 Å². The van der Waals surface area contributed by atoms with E-state index in [4.69, 9.17) is 4.74 Å². The smallest absolute Gasteiger partial charge is 0.254 e. The minimum absolute atomic E-state index is 0.0139. The van der Waals surface area contributed by atoms with Gasteiger partial charge in [0.05, 0.1) is 31.1 Å². The van der Waals surface area contributed by atoms with Crippen LogP contribution in [0.3, 0.4) is 0 Å². The number of fused-ring (bicyclic) bond motifs is 2. The second-order valence-corrected chi connectivity index (χ2v) is 12.1. The van der Waals surface area contributed by atoms with Crippen molar-refractivity contribution >= 4 is 11.9 Å². The van der Waals surface area contributed by atoms with Gasteiger partial charge in [-0.05, 0) is 56.5 Å². The summed E-state index contributed by atoms with van der Waals surface area (Å²) in [6.07, 6.45) is 8.21. The summed E-state index contributed by atoms with van der Waals surface area (Å²) < 4.78 is 21.9. The van der Waals surface area contributed by atoms with Crippen molar-refractivity contribution in [2.75, 3.05) is 58.7 Å². The Hall–Kier alpha value is -3.50. The molecule has 2 aliphatic heterocycles. The lowest BCUT2D eigenvalue weighted by Crippen LogP contribution is -2.54. The van der Waals surface area contributed by atoms with E-state index in [0.717, 1.165) is 69.1 Å². The number of imidazole rings is 1. The zero-order chi connectivity index (χ0) is 29.4. The van der Waals surface area contributed by atoms with Crippen LogP contribution in [0, 0.1) is 5.82 Å². The van der Waals surface area contributed by atoms with E-state index >= 15 is 0 Å². The number of pyridine rings is 1. The number of nitrogens with one attached hydrogen (secondary N) is 1. The predicted octanol–water partition coefficient (Wildman–Crippen LogP) is 4.29. The molecule has 1 aliphatic carbocycles. The van der Waals surface area contributed by atoms with E-state index in [1.165, 1.54) is 17.3 Å². The lowest BCUT2D eigenvalue weighted by atomic mass is 9.60. The Morgan fingerprint density at radius 1 is 1.12 bits per heavy atom. The highest BCUT2D eigenvalue weighted by molar-refractivity contribution is 5.98. The molecule has 3 aromatic rings. The maximum Gasteiger partial charge on any atom is 0.254 e. The molecule has 1 atom stereocenters. The van der Waals surface area contributed by atoms with Gasteiger partial charge in [-0.1, -0.05) is 12.5 Å². The highest BCUT2D eigenvalue weighted by Crippen LogP contribution is 2.51. The molecule has 3 aliphatic rings. The zero-order valence-corrected chi connectivity index (χ0v) is 25.2. The average molecular weight is 576 g/mol. The number of piperazine rings is 1. The van der Waals surface area contributed by atoms with Gasteiger partial charge in [0.2, 0.25) is 5.95 Å². The molecule has 1 aromatic carbocycles. The summed E-state index contributed by atoms with van der Waals surface area (Å²) in [4.78, 5) is 30.1. The van der Waals surface area contributed by atoms with Gasteiger partial charge in [0.15, 0.2) is 11.6 Å². The maximum absolute atomic E-state index is 14.4. The average Bonchev–Trinajstić information content (AvgIpc) is 3.42. The summed E-state index contributed by atoms with van der Waals surface area (Å²) >= 11 is 0. The summed E-state index contributed by atoms with van der Waals surface area (Å²) in [5, 5.41) is 3.16. The van der Waals surface area contributed by atoms with Gasteiger partial charge in [-0.3, -0.25) is 14.7 Å². The minimum atomic E-state index is -0.489. The summed E-state index contributed by atoms with van der Waals surface area (Å²) in [5.74, 6) is 0.491. The summed E-state index contributed by atoms with van der Waals surface area (Å²) in [5.41, 5.74) is 4.96. The van der Waals surface area contributed by atoms with E-state index in [9.17, 15) is 9.18 Å². The molecule has 0 unspecified atom stereocenters. The number of anilines is 1. The molecule has 2 fully saturated rings. The number of likely N-dealkylation sites (N-methyl/N-ethyl adjacent to an activating group) is 1. The number of nitrogens with zero attached hydrogens (tertiary/aromatic N) is 6. The number of hydrogen-bond donors (Lipinski definition) is 1. The molecule has 0 bridgehead atoms. The highest BCUT2D eigenvalue weighted by Gasteiger charge is 2.49. The van der Waals surface area contributed by atoms with Crippen molar-refractivity contribution < 1.29 is 13.9 Å². The lowest BCUT2D eigenvalue weighted by molar-refractivity contribution is 0.0480. The molecule has 1 amide bonds. The van der Waals surface area contributed by atoms with Crippen LogP contribution in [0.25, 0.3) is 0 Å². The number of rotatable bonds is 9. The Morgan fingerprint density at radius 3 is 2.60 bits per heavy atom. The van der Waals surface area contributed by atoms with Crippen LogP contribution in [0.15, 0.2) is 36.8 Å². The van der Waals surface area contributed by atoms with E-state index in [-0.39, 0.29) is 23.1 Å². The first-order chi connectivity index (χ1) is 20.3. The van der Waals surface area contributed by atoms with Crippen LogP contribution in [-0.4, -0.2) is 88.6 Å². The Kier molecular flexibility index (Phi) is 7.93. The SMILES string of the molecule is CCOc1cc([C@H](C)N2CC3(CCC3)c3c(CN4CCN(C)CC4)cc(Cn4ccnc4NC)cc3C2=O)ncc1F. The molecular formula is C32H42FN7O2. The summed E-state index contributed by atoms with van der Waals surface area (Å²) in [6.45, 7) is 10.4. The molecule has 1 N–H and O–H groups in total. The van der Waals surface area contributed by atoms with Gasteiger partial charge >= 0.3 is 0 Å². The second kappa shape index (κ2) is 11.6.